The van der Waals surface area contributed by atoms with E-state index in [0.29, 0.717) is 31.2 Å². The molecule has 0 unspecified atom stereocenters. The van der Waals surface area contributed by atoms with Crippen LogP contribution < -0.4 is 5.32 Å². The molecule has 6 heteroatoms. The molecule has 1 heterocycles. The Balaban J connectivity index is 0.00000256. The highest BCUT2D eigenvalue weighted by atomic mass is 35.5. The first-order valence-corrected chi connectivity index (χ1v) is 7.89. The number of hydrogen-bond donors (Lipinski definition) is 1. The van der Waals surface area contributed by atoms with E-state index in [2.05, 4.69) is 12.2 Å². The molecule has 104 valence electrons. The summed E-state index contributed by atoms with van der Waals surface area (Å²) in [4.78, 5) is 0. The van der Waals surface area contributed by atoms with Gasteiger partial charge in [0.05, 0.1) is 5.75 Å². The second kappa shape index (κ2) is 8.29. The Morgan fingerprint density at radius 3 is 2.29 bits per heavy atom. The average Bonchev–Trinajstić information content (AvgIpc) is 2.27. The monoisotopic (exact) mass is 284 g/mol. The van der Waals surface area contributed by atoms with Gasteiger partial charge in [-0.1, -0.05) is 13.8 Å². The maximum absolute atomic E-state index is 11.8. The van der Waals surface area contributed by atoms with Crippen molar-refractivity contribution in [1.29, 1.82) is 0 Å². The molecule has 0 saturated carbocycles. The van der Waals surface area contributed by atoms with Crippen molar-refractivity contribution < 1.29 is 8.42 Å². The van der Waals surface area contributed by atoms with Gasteiger partial charge in [-0.3, -0.25) is 0 Å². The van der Waals surface area contributed by atoms with Gasteiger partial charge in [0.2, 0.25) is 10.0 Å². The molecule has 1 saturated heterocycles. The van der Waals surface area contributed by atoms with Crippen LogP contribution in [0.1, 0.15) is 33.1 Å². The highest BCUT2D eigenvalue weighted by molar-refractivity contribution is 7.89. The van der Waals surface area contributed by atoms with Gasteiger partial charge in [-0.05, 0) is 38.3 Å². The minimum atomic E-state index is -2.96. The van der Waals surface area contributed by atoms with E-state index in [-0.39, 0.29) is 12.4 Å². The van der Waals surface area contributed by atoms with Crippen molar-refractivity contribution in [1.82, 2.24) is 9.62 Å². The summed E-state index contributed by atoms with van der Waals surface area (Å²) in [5, 5.41) is 3.33. The molecule has 1 fully saturated rings. The first-order chi connectivity index (χ1) is 7.60. The van der Waals surface area contributed by atoms with Crippen LogP contribution in [0.25, 0.3) is 0 Å². The fourth-order valence-electron chi connectivity index (χ4n) is 2.13. The van der Waals surface area contributed by atoms with Gasteiger partial charge in [-0.15, -0.1) is 12.4 Å². The van der Waals surface area contributed by atoms with Gasteiger partial charge in [0, 0.05) is 13.1 Å². The molecule has 0 aliphatic carbocycles. The molecule has 0 bridgehead atoms. The summed E-state index contributed by atoms with van der Waals surface area (Å²) < 4.78 is 25.3. The summed E-state index contributed by atoms with van der Waals surface area (Å²) >= 11 is 0. The number of rotatable bonds is 6. The Kier molecular flexibility index (Phi) is 8.37. The maximum Gasteiger partial charge on any atom is 0.214 e. The average molecular weight is 285 g/mol. The molecule has 0 aromatic heterocycles. The minimum Gasteiger partial charge on any atom is -0.317 e. The van der Waals surface area contributed by atoms with Gasteiger partial charge in [0.25, 0.3) is 0 Å². The van der Waals surface area contributed by atoms with E-state index < -0.39 is 10.0 Å². The predicted octanol–water partition coefficient (Wildman–Crippen LogP) is 1.47. The van der Waals surface area contributed by atoms with Crippen molar-refractivity contribution in [2.45, 2.75) is 33.1 Å². The quantitative estimate of drug-likeness (QED) is 0.804. The predicted molar refractivity (Wildman–Crippen MR) is 74.2 cm³/mol. The van der Waals surface area contributed by atoms with Crippen LogP contribution in [0.5, 0.6) is 0 Å². The summed E-state index contributed by atoms with van der Waals surface area (Å²) in [6.07, 6.45) is 2.70. The van der Waals surface area contributed by atoms with Gasteiger partial charge >= 0.3 is 0 Å². The Bertz CT molecular complexity index is 288. The van der Waals surface area contributed by atoms with Crippen LogP contribution in [-0.4, -0.2) is 44.7 Å². The van der Waals surface area contributed by atoms with Crippen LogP contribution in [0.15, 0.2) is 0 Å². The number of halogens is 1. The third-order valence-corrected chi connectivity index (χ3v) is 5.19. The van der Waals surface area contributed by atoms with Crippen LogP contribution in [0.4, 0.5) is 0 Å². The molecule has 17 heavy (non-hydrogen) atoms. The third kappa shape index (κ3) is 5.55. The Hall–Kier alpha value is 0.160. The van der Waals surface area contributed by atoms with Crippen LogP contribution in [-0.2, 0) is 10.0 Å². The second-order valence-corrected chi connectivity index (χ2v) is 6.55. The lowest BCUT2D eigenvalue weighted by Gasteiger charge is -2.31. The highest BCUT2D eigenvalue weighted by Gasteiger charge is 2.26. The summed E-state index contributed by atoms with van der Waals surface area (Å²) in [6.45, 7) is 7.44. The van der Waals surface area contributed by atoms with E-state index in [1.807, 2.05) is 6.92 Å². The number of nitrogens with zero attached hydrogens (tertiary/aromatic N) is 1. The third-order valence-electron chi connectivity index (χ3n) is 3.11. The molecule has 0 aromatic carbocycles. The van der Waals surface area contributed by atoms with Crippen molar-refractivity contribution in [3.63, 3.8) is 0 Å². The standard InChI is InChI=1S/C11H24N2O2S.ClH/c1-3-9-16(14,15)13-7-5-11(6-8-13)10-12-4-2;/h11-12H,3-10H2,1-2H3;1H. The lowest BCUT2D eigenvalue weighted by atomic mass is 9.98. The number of piperidine rings is 1. The molecule has 0 radical (unpaired) electrons. The van der Waals surface area contributed by atoms with E-state index >= 15 is 0 Å². The van der Waals surface area contributed by atoms with Crippen LogP contribution in [0, 0.1) is 5.92 Å². The maximum atomic E-state index is 11.8. The topological polar surface area (TPSA) is 49.4 Å². The smallest absolute Gasteiger partial charge is 0.214 e. The van der Waals surface area contributed by atoms with Crippen LogP contribution >= 0.6 is 12.4 Å². The van der Waals surface area contributed by atoms with Gasteiger partial charge < -0.3 is 5.32 Å². The molecule has 0 atom stereocenters. The van der Waals surface area contributed by atoms with E-state index in [0.717, 1.165) is 25.9 Å². The Morgan fingerprint density at radius 2 is 1.82 bits per heavy atom. The summed E-state index contributed by atoms with van der Waals surface area (Å²) in [7, 11) is -2.96. The van der Waals surface area contributed by atoms with Crippen LogP contribution in [0.3, 0.4) is 0 Å². The van der Waals surface area contributed by atoms with Crippen molar-refractivity contribution in [2.75, 3.05) is 31.9 Å². The molecule has 1 aliphatic rings. The van der Waals surface area contributed by atoms with Gasteiger partial charge in [-0.25, -0.2) is 12.7 Å². The zero-order chi connectivity index (χ0) is 12.0. The molecule has 4 nitrogen and oxygen atoms in total. The largest absolute Gasteiger partial charge is 0.317 e. The number of nitrogens with one attached hydrogen (secondary N) is 1. The molecule has 1 rings (SSSR count). The summed E-state index contributed by atoms with van der Waals surface area (Å²) in [5.74, 6) is 0.943. The van der Waals surface area contributed by atoms with Gasteiger partial charge in [0.1, 0.15) is 0 Å². The summed E-state index contributed by atoms with van der Waals surface area (Å²) in [5.41, 5.74) is 0. The second-order valence-electron chi connectivity index (χ2n) is 4.47. The van der Waals surface area contributed by atoms with E-state index in [1.54, 1.807) is 4.31 Å². The van der Waals surface area contributed by atoms with E-state index in [4.69, 9.17) is 0 Å². The van der Waals surface area contributed by atoms with E-state index in [9.17, 15) is 8.42 Å². The zero-order valence-corrected chi connectivity index (χ0v) is 12.4. The van der Waals surface area contributed by atoms with Crippen molar-refractivity contribution in [3.8, 4) is 0 Å². The molecule has 0 aromatic rings. The van der Waals surface area contributed by atoms with Gasteiger partial charge in [-0.2, -0.15) is 0 Å². The highest BCUT2D eigenvalue weighted by Crippen LogP contribution is 2.19. The number of hydrogen-bond acceptors (Lipinski definition) is 3. The Morgan fingerprint density at radius 1 is 1.24 bits per heavy atom. The fraction of sp³-hybridized carbons (Fsp3) is 1.00. The molecule has 0 amide bonds. The lowest BCUT2D eigenvalue weighted by molar-refractivity contribution is 0.268. The SMILES string of the molecule is CCCS(=O)(=O)N1CCC(CNCC)CC1.Cl. The first-order valence-electron chi connectivity index (χ1n) is 6.28. The van der Waals surface area contributed by atoms with Crippen molar-refractivity contribution in [3.05, 3.63) is 0 Å². The Labute approximate surface area is 112 Å². The summed E-state index contributed by atoms with van der Waals surface area (Å²) in [6, 6.07) is 0. The van der Waals surface area contributed by atoms with Crippen molar-refractivity contribution in [2.24, 2.45) is 5.92 Å². The molecule has 1 aliphatic heterocycles. The van der Waals surface area contributed by atoms with Gasteiger partial charge in [0.15, 0.2) is 0 Å². The minimum absolute atomic E-state index is 0. The molecular weight excluding hydrogens is 260 g/mol. The normalized spacial score (nSPS) is 18.9. The fourth-order valence-corrected chi connectivity index (χ4v) is 3.67. The molecule has 0 spiro atoms. The zero-order valence-electron chi connectivity index (χ0n) is 10.8. The van der Waals surface area contributed by atoms with E-state index in [1.165, 1.54) is 0 Å². The van der Waals surface area contributed by atoms with Crippen LogP contribution in [0.2, 0.25) is 0 Å². The van der Waals surface area contributed by atoms with Crippen molar-refractivity contribution >= 4 is 22.4 Å². The lowest BCUT2D eigenvalue weighted by Crippen LogP contribution is -2.41. The molecular formula is C11H25ClN2O2S. The number of sulfonamides is 1. The first kappa shape index (κ1) is 17.2. The molecule has 1 N–H and O–H groups in total.